The lowest BCUT2D eigenvalue weighted by molar-refractivity contribution is 0.0717. The van der Waals surface area contributed by atoms with Crippen LogP contribution >= 0.6 is 11.6 Å². The van der Waals surface area contributed by atoms with E-state index in [1.54, 1.807) is 11.0 Å². The van der Waals surface area contributed by atoms with E-state index in [1.807, 2.05) is 20.8 Å². The highest BCUT2D eigenvalue weighted by Gasteiger charge is 2.43. The number of piperazine rings is 1. The van der Waals surface area contributed by atoms with E-state index in [2.05, 4.69) is 9.88 Å². The minimum Gasteiger partial charge on any atom is -0.384 e. The fourth-order valence-electron chi connectivity index (χ4n) is 4.75. The fraction of sp³-hybridized carbons (Fsp3) is 0.478. The summed E-state index contributed by atoms with van der Waals surface area (Å²) in [4.78, 5) is 21.5. The normalized spacial score (nSPS) is 20.9. The Morgan fingerprint density at radius 2 is 1.82 bits per heavy atom. The average molecular weight is 495 g/mol. The summed E-state index contributed by atoms with van der Waals surface area (Å²) in [6.45, 7) is 6.49. The van der Waals surface area contributed by atoms with Gasteiger partial charge in [0.2, 0.25) is 0 Å². The van der Waals surface area contributed by atoms with Crippen molar-refractivity contribution in [3.8, 4) is 0 Å². The molecule has 2 aliphatic heterocycles. The number of hydrogen-bond acceptors (Lipinski definition) is 6. The summed E-state index contributed by atoms with van der Waals surface area (Å²) < 4.78 is 39.3. The number of hydrogen-bond donors (Lipinski definition) is 1. The van der Waals surface area contributed by atoms with Crippen LogP contribution < -0.4 is 10.6 Å². The number of anilines is 2. The maximum absolute atomic E-state index is 13.4. The quantitative estimate of drug-likeness (QED) is 0.695. The van der Waals surface area contributed by atoms with E-state index in [0.29, 0.717) is 18.9 Å². The molecule has 2 aliphatic rings. The van der Waals surface area contributed by atoms with Crippen LogP contribution in [0.3, 0.4) is 0 Å². The molecule has 10 heteroatoms. The summed E-state index contributed by atoms with van der Waals surface area (Å²) in [5.41, 5.74) is 5.87. The molecule has 2 fully saturated rings. The van der Waals surface area contributed by atoms with Gasteiger partial charge in [-0.3, -0.25) is 4.79 Å². The lowest BCUT2D eigenvalue weighted by atomic mass is 10.0. The van der Waals surface area contributed by atoms with Gasteiger partial charge in [0, 0.05) is 25.2 Å². The summed E-state index contributed by atoms with van der Waals surface area (Å²) in [6, 6.07) is 6.70. The molecule has 0 radical (unpaired) electrons. The highest BCUT2D eigenvalue weighted by molar-refractivity contribution is 7.91. The predicted octanol–water partition coefficient (Wildman–Crippen LogP) is 3.77. The monoisotopic (exact) mass is 494 g/mol. The fourth-order valence-corrected chi connectivity index (χ4v) is 6.89. The first-order valence-electron chi connectivity index (χ1n) is 10.9. The van der Waals surface area contributed by atoms with Crippen LogP contribution in [0.25, 0.3) is 0 Å². The van der Waals surface area contributed by atoms with E-state index in [-0.39, 0.29) is 45.0 Å². The van der Waals surface area contributed by atoms with Gasteiger partial charge in [0.25, 0.3) is 5.91 Å². The number of likely N-dealkylation sites (tertiary alicyclic amines) is 1. The molecule has 2 aromatic rings. The van der Waals surface area contributed by atoms with Crippen molar-refractivity contribution in [2.45, 2.75) is 50.6 Å². The van der Waals surface area contributed by atoms with Gasteiger partial charge in [-0.2, -0.15) is 0 Å². The minimum atomic E-state index is -3.54. The largest absolute Gasteiger partial charge is 0.384 e. The van der Waals surface area contributed by atoms with Crippen LogP contribution in [0.15, 0.2) is 35.2 Å². The molecular weight excluding hydrogens is 467 g/mol. The van der Waals surface area contributed by atoms with E-state index < -0.39 is 21.1 Å². The van der Waals surface area contributed by atoms with E-state index >= 15 is 0 Å². The van der Waals surface area contributed by atoms with Crippen LogP contribution in [0.5, 0.6) is 0 Å². The standard InChI is InChI=1S/C23H28ClFN4O3S/c1-23(2,3)13-33(31,32)17-9-20(26)27-21(10-17)29-15-5-6-16(29)12-28(11-15)22(30)18-7-4-14(25)8-19(18)24/h4,7-10,15-16H,5-6,11-13H2,1-3H3,(H2,26,27). The zero-order valence-electron chi connectivity index (χ0n) is 18.9. The molecule has 1 aromatic carbocycles. The van der Waals surface area contributed by atoms with Crippen molar-refractivity contribution in [1.29, 1.82) is 0 Å². The number of fused-ring (bicyclic) bond motifs is 2. The molecule has 2 atom stereocenters. The Bertz CT molecular complexity index is 1180. The van der Waals surface area contributed by atoms with Crippen LogP contribution in [0, 0.1) is 11.2 Å². The van der Waals surface area contributed by atoms with Crippen molar-refractivity contribution < 1.29 is 17.6 Å². The number of carbonyl (C=O) groups is 1. The number of carbonyl (C=O) groups excluding carboxylic acids is 1. The SMILES string of the molecule is CC(C)(C)CS(=O)(=O)c1cc(N)nc(N2C3CCC2CN(C(=O)c2ccc(F)cc2Cl)C3)c1. The highest BCUT2D eigenvalue weighted by Crippen LogP contribution is 2.36. The molecule has 0 spiro atoms. The molecular formula is C23H28ClFN4O3S. The number of halogens is 2. The average Bonchev–Trinajstić information content (AvgIpc) is 2.95. The molecule has 2 saturated heterocycles. The Balaban J connectivity index is 1.59. The van der Waals surface area contributed by atoms with E-state index in [4.69, 9.17) is 17.3 Å². The molecule has 2 N–H and O–H groups in total. The molecule has 178 valence electrons. The van der Waals surface area contributed by atoms with Crippen LogP contribution in [-0.2, 0) is 9.84 Å². The van der Waals surface area contributed by atoms with Crippen molar-refractivity contribution >= 4 is 39.0 Å². The second-order valence-corrected chi connectivity index (χ2v) is 12.4. The third-order valence-electron chi connectivity index (χ3n) is 5.98. The van der Waals surface area contributed by atoms with E-state index in [0.717, 1.165) is 18.9 Å². The lowest BCUT2D eigenvalue weighted by Crippen LogP contribution is -2.55. The molecule has 3 heterocycles. The Hall–Kier alpha value is -2.39. The Labute approximate surface area is 198 Å². The van der Waals surface area contributed by atoms with Crippen LogP contribution in [0.2, 0.25) is 5.02 Å². The molecule has 2 unspecified atom stereocenters. The topological polar surface area (TPSA) is 96.6 Å². The number of benzene rings is 1. The summed E-state index contributed by atoms with van der Waals surface area (Å²) in [6.07, 6.45) is 1.68. The van der Waals surface area contributed by atoms with Gasteiger partial charge in [-0.1, -0.05) is 32.4 Å². The number of nitrogens with two attached hydrogens (primary N) is 1. The molecule has 1 aromatic heterocycles. The summed E-state index contributed by atoms with van der Waals surface area (Å²) in [7, 11) is -3.54. The first-order valence-corrected chi connectivity index (χ1v) is 12.9. The first kappa shape index (κ1) is 23.8. The molecule has 1 amide bonds. The third-order valence-corrected chi connectivity index (χ3v) is 8.50. The number of rotatable bonds is 4. The van der Waals surface area contributed by atoms with Crippen molar-refractivity contribution in [2.24, 2.45) is 5.41 Å². The maximum atomic E-state index is 13.4. The number of nitrogen functional groups attached to an aromatic ring is 1. The van der Waals surface area contributed by atoms with Gasteiger partial charge in [-0.15, -0.1) is 0 Å². The van der Waals surface area contributed by atoms with Gasteiger partial charge in [0.15, 0.2) is 9.84 Å². The van der Waals surface area contributed by atoms with Gasteiger partial charge in [0.1, 0.15) is 17.5 Å². The van der Waals surface area contributed by atoms with Crippen LogP contribution in [-0.4, -0.2) is 55.1 Å². The molecule has 0 saturated carbocycles. The number of pyridine rings is 1. The second-order valence-electron chi connectivity index (χ2n) is 10.0. The number of sulfone groups is 1. The first-order chi connectivity index (χ1) is 15.3. The van der Waals surface area contributed by atoms with E-state index in [1.165, 1.54) is 18.2 Å². The second kappa shape index (κ2) is 8.43. The van der Waals surface area contributed by atoms with Crippen molar-refractivity contribution in [1.82, 2.24) is 9.88 Å². The summed E-state index contributed by atoms with van der Waals surface area (Å²) in [5.74, 6) is -0.0778. The third kappa shape index (κ3) is 4.94. The van der Waals surface area contributed by atoms with Gasteiger partial charge >= 0.3 is 0 Å². The Kier molecular flexibility index (Phi) is 6.07. The summed E-state index contributed by atoms with van der Waals surface area (Å²) in [5, 5.41) is 0.0842. The highest BCUT2D eigenvalue weighted by atomic mass is 35.5. The molecule has 0 aliphatic carbocycles. The number of nitrogens with zero attached hydrogens (tertiary/aromatic N) is 3. The Morgan fingerprint density at radius 1 is 1.18 bits per heavy atom. The summed E-state index contributed by atoms with van der Waals surface area (Å²) >= 11 is 6.10. The predicted molar refractivity (Wildman–Crippen MR) is 127 cm³/mol. The molecule has 4 rings (SSSR count). The maximum Gasteiger partial charge on any atom is 0.255 e. The van der Waals surface area contributed by atoms with Crippen LogP contribution in [0.1, 0.15) is 44.0 Å². The zero-order valence-corrected chi connectivity index (χ0v) is 20.5. The van der Waals surface area contributed by atoms with Crippen molar-refractivity contribution in [3.63, 3.8) is 0 Å². The van der Waals surface area contributed by atoms with Gasteiger partial charge < -0.3 is 15.5 Å². The van der Waals surface area contributed by atoms with Gasteiger partial charge in [-0.05, 0) is 48.6 Å². The Morgan fingerprint density at radius 3 is 2.39 bits per heavy atom. The zero-order chi connectivity index (χ0) is 24.1. The lowest BCUT2D eigenvalue weighted by Gasteiger charge is -2.42. The number of amides is 1. The molecule has 33 heavy (non-hydrogen) atoms. The van der Waals surface area contributed by atoms with Gasteiger partial charge in [-0.25, -0.2) is 17.8 Å². The molecule has 2 bridgehead atoms. The van der Waals surface area contributed by atoms with Gasteiger partial charge in [0.05, 0.1) is 21.2 Å². The minimum absolute atomic E-state index is 0.00351. The van der Waals surface area contributed by atoms with Crippen molar-refractivity contribution in [3.05, 3.63) is 46.7 Å². The molecule has 7 nitrogen and oxygen atoms in total. The number of aromatic nitrogens is 1. The van der Waals surface area contributed by atoms with E-state index in [9.17, 15) is 17.6 Å². The van der Waals surface area contributed by atoms with Crippen molar-refractivity contribution in [2.75, 3.05) is 29.5 Å². The van der Waals surface area contributed by atoms with Crippen LogP contribution in [0.4, 0.5) is 16.0 Å². The smallest absolute Gasteiger partial charge is 0.255 e.